The highest BCUT2D eigenvalue weighted by Crippen LogP contribution is 2.36. The first-order chi connectivity index (χ1) is 7.90. The molecule has 0 aliphatic heterocycles. The first-order valence-corrected chi connectivity index (χ1v) is 5.79. The average molecular weight is 238 g/mol. The molecule has 1 rings (SSSR count). The van der Waals surface area contributed by atoms with E-state index in [9.17, 15) is 5.11 Å². The number of aromatic hydroxyl groups is 1. The Morgan fingerprint density at radius 2 is 1.82 bits per heavy atom. The third-order valence-electron chi connectivity index (χ3n) is 2.82. The van der Waals surface area contributed by atoms with Gasteiger partial charge >= 0.3 is 0 Å². The van der Waals surface area contributed by atoms with Crippen LogP contribution in [0.25, 0.3) is 0 Å². The highest BCUT2D eigenvalue weighted by molar-refractivity contribution is 5.50. The molecule has 0 saturated carbocycles. The van der Waals surface area contributed by atoms with Gasteiger partial charge in [0.15, 0.2) is 11.5 Å². The van der Waals surface area contributed by atoms with E-state index in [1.165, 1.54) is 0 Å². The lowest BCUT2D eigenvalue weighted by Gasteiger charge is -2.22. The molecule has 0 aromatic heterocycles. The molecule has 0 unspecified atom stereocenters. The number of hydrogen-bond acceptors (Lipinski definition) is 3. The molecule has 0 amide bonds. The molecule has 1 N–H and O–H groups in total. The summed E-state index contributed by atoms with van der Waals surface area (Å²) in [5.41, 5.74) is 2.05. The van der Waals surface area contributed by atoms with Gasteiger partial charge in [0, 0.05) is 12.7 Å². The maximum atomic E-state index is 10.0. The number of benzene rings is 1. The average Bonchev–Trinajstić information content (AvgIpc) is 2.26. The first kappa shape index (κ1) is 13.8. The summed E-state index contributed by atoms with van der Waals surface area (Å²) in [4.78, 5) is 0. The lowest BCUT2D eigenvalue weighted by atomic mass is 9.85. The SMILES string of the molecule is COCCc1cc(C(C)(C)C)cc(OC)c1O. The molecule has 3 heteroatoms. The van der Waals surface area contributed by atoms with Crippen molar-refractivity contribution in [2.75, 3.05) is 20.8 Å². The summed E-state index contributed by atoms with van der Waals surface area (Å²) in [6, 6.07) is 3.92. The molecule has 96 valence electrons. The van der Waals surface area contributed by atoms with Gasteiger partial charge in [-0.25, -0.2) is 0 Å². The summed E-state index contributed by atoms with van der Waals surface area (Å²) in [5.74, 6) is 0.751. The van der Waals surface area contributed by atoms with Crippen LogP contribution >= 0.6 is 0 Å². The molecule has 0 aliphatic rings. The predicted molar refractivity (Wildman–Crippen MR) is 68.9 cm³/mol. The zero-order valence-corrected chi connectivity index (χ0v) is 11.3. The van der Waals surface area contributed by atoms with Crippen LogP contribution in [0.2, 0.25) is 0 Å². The molecule has 0 heterocycles. The van der Waals surface area contributed by atoms with Crippen LogP contribution in [0.15, 0.2) is 12.1 Å². The van der Waals surface area contributed by atoms with Crippen LogP contribution in [0.3, 0.4) is 0 Å². The Morgan fingerprint density at radius 3 is 2.29 bits per heavy atom. The van der Waals surface area contributed by atoms with Crippen LogP contribution in [-0.2, 0) is 16.6 Å². The number of rotatable bonds is 4. The van der Waals surface area contributed by atoms with Crippen LogP contribution in [0, 0.1) is 0 Å². The summed E-state index contributed by atoms with van der Waals surface area (Å²) in [5, 5.41) is 10.0. The molecule has 0 radical (unpaired) electrons. The highest BCUT2D eigenvalue weighted by Gasteiger charge is 2.18. The lowest BCUT2D eigenvalue weighted by Crippen LogP contribution is -2.12. The molecule has 0 saturated heterocycles. The van der Waals surface area contributed by atoms with Gasteiger partial charge in [-0.2, -0.15) is 0 Å². The van der Waals surface area contributed by atoms with E-state index >= 15 is 0 Å². The fraction of sp³-hybridized carbons (Fsp3) is 0.571. The van der Waals surface area contributed by atoms with Crippen molar-refractivity contribution in [3.63, 3.8) is 0 Å². The molecule has 1 aromatic carbocycles. The van der Waals surface area contributed by atoms with Crippen molar-refractivity contribution in [1.29, 1.82) is 0 Å². The number of phenolic OH excluding ortho intramolecular Hbond substituents is 1. The van der Waals surface area contributed by atoms with E-state index in [4.69, 9.17) is 9.47 Å². The fourth-order valence-corrected chi connectivity index (χ4v) is 1.66. The van der Waals surface area contributed by atoms with Gasteiger partial charge in [0.1, 0.15) is 0 Å². The second kappa shape index (κ2) is 5.41. The molecule has 0 bridgehead atoms. The molecule has 3 nitrogen and oxygen atoms in total. The van der Waals surface area contributed by atoms with E-state index < -0.39 is 0 Å². The monoisotopic (exact) mass is 238 g/mol. The summed E-state index contributed by atoms with van der Waals surface area (Å²) < 4.78 is 10.3. The molecular formula is C14H22O3. The van der Waals surface area contributed by atoms with Crippen LogP contribution in [0.5, 0.6) is 11.5 Å². The number of hydrogen-bond donors (Lipinski definition) is 1. The van der Waals surface area contributed by atoms with Crippen molar-refractivity contribution < 1.29 is 14.6 Å². The third kappa shape index (κ3) is 3.37. The van der Waals surface area contributed by atoms with E-state index in [-0.39, 0.29) is 11.2 Å². The summed E-state index contributed by atoms with van der Waals surface area (Å²) in [6.07, 6.45) is 0.683. The Kier molecular flexibility index (Phi) is 4.40. The smallest absolute Gasteiger partial charge is 0.161 e. The van der Waals surface area contributed by atoms with Crippen LogP contribution < -0.4 is 4.74 Å². The van der Waals surface area contributed by atoms with Crippen molar-refractivity contribution >= 4 is 0 Å². The van der Waals surface area contributed by atoms with Crippen molar-refractivity contribution in [2.45, 2.75) is 32.6 Å². The number of methoxy groups -OCH3 is 2. The highest BCUT2D eigenvalue weighted by atomic mass is 16.5. The van der Waals surface area contributed by atoms with Gasteiger partial charge in [-0.05, 0) is 23.5 Å². The quantitative estimate of drug-likeness (QED) is 0.876. The van der Waals surface area contributed by atoms with Crippen molar-refractivity contribution in [3.8, 4) is 11.5 Å². The molecule has 0 fully saturated rings. The summed E-state index contributed by atoms with van der Waals surface area (Å²) in [7, 11) is 3.23. The Balaban J connectivity index is 3.19. The van der Waals surface area contributed by atoms with Crippen molar-refractivity contribution in [1.82, 2.24) is 0 Å². The van der Waals surface area contributed by atoms with Gasteiger partial charge in [0.25, 0.3) is 0 Å². The van der Waals surface area contributed by atoms with E-state index in [0.29, 0.717) is 18.8 Å². The van der Waals surface area contributed by atoms with E-state index in [0.717, 1.165) is 11.1 Å². The zero-order valence-electron chi connectivity index (χ0n) is 11.3. The Morgan fingerprint density at radius 1 is 1.18 bits per heavy atom. The van der Waals surface area contributed by atoms with Gasteiger partial charge in [-0.1, -0.05) is 26.8 Å². The second-order valence-electron chi connectivity index (χ2n) is 5.18. The maximum Gasteiger partial charge on any atom is 0.161 e. The van der Waals surface area contributed by atoms with Gasteiger partial charge in [0.2, 0.25) is 0 Å². The Hall–Kier alpha value is -1.22. The van der Waals surface area contributed by atoms with Gasteiger partial charge in [-0.15, -0.1) is 0 Å². The Bertz CT molecular complexity index is 378. The van der Waals surface area contributed by atoms with E-state index in [2.05, 4.69) is 20.8 Å². The van der Waals surface area contributed by atoms with E-state index in [1.807, 2.05) is 12.1 Å². The molecule has 17 heavy (non-hydrogen) atoms. The maximum absolute atomic E-state index is 10.0. The molecule has 0 spiro atoms. The first-order valence-electron chi connectivity index (χ1n) is 5.79. The summed E-state index contributed by atoms with van der Waals surface area (Å²) in [6.45, 7) is 7.00. The van der Waals surface area contributed by atoms with Crippen LogP contribution in [0.4, 0.5) is 0 Å². The standard InChI is InChI=1S/C14H22O3/c1-14(2,3)11-8-10(6-7-16-4)13(15)12(9-11)17-5/h8-9,15H,6-7H2,1-5H3. The Labute approximate surface area is 103 Å². The zero-order chi connectivity index (χ0) is 13.1. The normalized spacial score (nSPS) is 11.6. The van der Waals surface area contributed by atoms with E-state index in [1.54, 1.807) is 14.2 Å². The minimum Gasteiger partial charge on any atom is -0.504 e. The second-order valence-corrected chi connectivity index (χ2v) is 5.18. The lowest BCUT2D eigenvalue weighted by molar-refractivity contribution is 0.201. The van der Waals surface area contributed by atoms with Crippen LogP contribution in [-0.4, -0.2) is 25.9 Å². The van der Waals surface area contributed by atoms with Gasteiger partial charge in [0.05, 0.1) is 13.7 Å². The minimum atomic E-state index is 0.0306. The molecule has 1 aromatic rings. The molecular weight excluding hydrogens is 216 g/mol. The number of phenols is 1. The van der Waals surface area contributed by atoms with Gasteiger partial charge < -0.3 is 14.6 Å². The van der Waals surface area contributed by atoms with Crippen molar-refractivity contribution in [3.05, 3.63) is 23.3 Å². The predicted octanol–water partition coefficient (Wildman–Crippen LogP) is 2.89. The van der Waals surface area contributed by atoms with Crippen molar-refractivity contribution in [2.24, 2.45) is 0 Å². The topological polar surface area (TPSA) is 38.7 Å². The molecule has 0 atom stereocenters. The van der Waals surface area contributed by atoms with Gasteiger partial charge in [-0.3, -0.25) is 0 Å². The molecule has 0 aliphatic carbocycles. The third-order valence-corrected chi connectivity index (χ3v) is 2.82. The summed E-state index contributed by atoms with van der Waals surface area (Å²) >= 11 is 0. The largest absolute Gasteiger partial charge is 0.504 e. The van der Waals surface area contributed by atoms with Crippen LogP contribution in [0.1, 0.15) is 31.9 Å². The minimum absolute atomic E-state index is 0.0306. The fourth-order valence-electron chi connectivity index (χ4n) is 1.66. The number of ether oxygens (including phenoxy) is 2.